The summed E-state index contributed by atoms with van der Waals surface area (Å²) in [5, 5.41) is 0.787. The Morgan fingerprint density at radius 2 is 1.95 bits per heavy atom. The van der Waals surface area contributed by atoms with E-state index < -0.39 is 5.82 Å². The van der Waals surface area contributed by atoms with Gasteiger partial charge in [-0.25, -0.2) is 4.39 Å². The predicted octanol–water partition coefficient (Wildman–Crippen LogP) is 4.68. The van der Waals surface area contributed by atoms with Crippen LogP contribution in [0.15, 0.2) is 36.4 Å². The second kappa shape index (κ2) is 5.91. The zero-order chi connectivity index (χ0) is 14.0. The molecule has 0 saturated carbocycles. The van der Waals surface area contributed by atoms with Gasteiger partial charge < -0.3 is 5.73 Å². The highest BCUT2D eigenvalue weighted by molar-refractivity contribution is 6.32. The normalized spacial score (nSPS) is 12.5. The van der Waals surface area contributed by atoms with Crippen molar-refractivity contribution >= 4 is 23.2 Å². The lowest BCUT2D eigenvalue weighted by atomic mass is 9.98. The van der Waals surface area contributed by atoms with E-state index in [1.807, 2.05) is 25.1 Å². The molecular weight excluding hydrogens is 284 g/mol. The Morgan fingerprint density at radius 1 is 1.21 bits per heavy atom. The third-order valence-corrected chi connectivity index (χ3v) is 3.88. The Labute approximate surface area is 122 Å². The van der Waals surface area contributed by atoms with Gasteiger partial charge in [-0.3, -0.25) is 0 Å². The number of aryl methyl sites for hydroxylation is 1. The Hall–Kier alpha value is -1.09. The molecule has 2 N–H and O–H groups in total. The lowest BCUT2D eigenvalue weighted by Gasteiger charge is -2.15. The average molecular weight is 298 g/mol. The standard InChI is InChI=1S/C15H14Cl2FN/c1-9-3-2-4-11(15(9)17)14(19)8-10-5-6-12(16)13(18)7-10/h2-7,14H,8,19H2,1H3. The van der Waals surface area contributed by atoms with Crippen LogP contribution in [0.2, 0.25) is 10.0 Å². The molecule has 19 heavy (non-hydrogen) atoms. The summed E-state index contributed by atoms with van der Waals surface area (Å²) in [6.07, 6.45) is 0.511. The van der Waals surface area contributed by atoms with Crippen LogP contribution in [0.5, 0.6) is 0 Å². The fourth-order valence-corrected chi connectivity index (χ4v) is 2.37. The van der Waals surface area contributed by atoms with Gasteiger partial charge in [-0.15, -0.1) is 0 Å². The molecular formula is C15H14Cl2FN. The van der Waals surface area contributed by atoms with Crippen molar-refractivity contribution < 1.29 is 4.39 Å². The van der Waals surface area contributed by atoms with E-state index in [1.165, 1.54) is 12.1 Å². The zero-order valence-electron chi connectivity index (χ0n) is 10.5. The summed E-state index contributed by atoms with van der Waals surface area (Å²) in [6.45, 7) is 1.93. The highest BCUT2D eigenvalue weighted by Crippen LogP contribution is 2.27. The van der Waals surface area contributed by atoms with E-state index in [2.05, 4.69) is 0 Å². The van der Waals surface area contributed by atoms with Gasteiger partial charge in [0, 0.05) is 11.1 Å². The van der Waals surface area contributed by atoms with Gasteiger partial charge in [-0.1, -0.05) is 47.5 Å². The van der Waals surface area contributed by atoms with Gasteiger partial charge in [0.1, 0.15) is 5.82 Å². The first-order chi connectivity index (χ1) is 8.99. The van der Waals surface area contributed by atoms with E-state index in [1.54, 1.807) is 6.07 Å². The highest BCUT2D eigenvalue weighted by atomic mass is 35.5. The Morgan fingerprint density at radius 3 is 2.63 bits per heavy atom. The average Bonchev–Trinajstić information content (AvgIpc) is 2.37. The first-order valence-corrected chi connectivity index (χ1v) is 6.69. The quantitative estimate of drug-likeness (QED) is 0.874. The second-order valence-corrected chi connectivity index (χ2v) is 5.32. The number of hydrogen-bond donors (Lipinski definition) is 1. The van der Waals surface area contributed by atoms with Crippen LogP contribution in [0.4, 0.5) is 4.39 Å². The number of nitrogens with two attached hydrogens (primary N) is 1. The molecule has 0 bridgehead atoms. The smallest absolute Gasteiger partial charge is 0.142 e. The maximum absolute atomic E-state index is 13.4. The molecule has 0 spiro atoms. The minimum Gasteiger partial charge on any atom is -0.324 e. The van der Waals surface area contributed by atoms with E-state index in [9.17, 15) is 4.39 Å². The monoisotopic (exact) mass is 297 g/mol. The van der Waals surface area contributed by atoms with Crippen LogP contribution < -0.4 is 5.73 Å². The molecule has 0 saturated heterocycles. The van der Waals surface area contributed by atoms with Crippen LogP contribution in [0.25, 0.3) is 0 Å². The first-order valence-electron chi connectivity index (χ1n) is 5.93. The molecule has 0 aliphatic carbocycles. The molecule has 0 fully saturated rings. The number of halogens is 3. The molecule has 1 unspecified atom stereocenters. The highest BCUT2D eigenvalue weighted by Gasteiger charge is 2.13. The van der Waals surface area contributed by atoms with Gasteiger partial charge in [-0.2, -0.15) is 0 Å². The summed E-state index contributed by atoms with van der Waals surface area (Å²) in [6, 6.07) is 10.2. The van der Waals surface area contributed by atoms with Crippen LogP contribution in [0.3, 0.4) is 0 Å². The van der Waals surface area contributed by atoms with E-state index in [0.717, 1.165) is 16.7 Å². The molecule has 0 amide bonds. The summed E-state index contributed by atoms with van der Waals surface area (Å²) >= 11 is 11.9. The first kappa shape index (κ1) is 14.3. The maximum atomic E-state index is 13.4. The van der Waals surface area contributed by atoms with Gasteiger partial charge in [0.25, 0.3) is 0 Å². The van der Waals surface area contributed by atoms with Crippen molar-refractivity contribution in [3.05, 3.63) is 69.0 Å². The lowest BCUT2D eigenvalue weighted by molar-refractivity contribution is 0.622. The molecule has 2 aromatic rings. The Bertz CT molecular complexity index is 599. The van der Waals surface area contributed by atoms with Crippen molar-refractivity contribution in [2.75, 3.05) is 0 Å². The van der Waals surface area contributed by atoms with E-state index >= 15 is 0 Å². The van der Waals surface area contributed by atoms with E-state index in [0.29, 0.717) is 11.4 Å². The van der Waals surface area contributed by atoms with Crippen LogP contribution in [-0.2, 0) is 6.42 Å². The second-order valence-electron chi connectivity index (χ2n) is 4.54. The van der Waals surface area contributed by atoms with Gasteiger partial charge in [0.2, 0.25) is 0 Å². The molecule has 2 rings (SSSR count). The molecule has 100 valence electrons. The third-order valence-electron chi connectivity index (χ3n) is 3.06. The van der Waals surface area contributed by atoms with Crippen molar-refractivity contribution in [1.82, 2.24) is 0 Å². The van der Waals surface area contributed by atoms with Crippen molar-refractivity contribution in [3.8, 4) is 0 Å². The molecule has 1 atom stereocenters. The molecule has 0 radical (unpaired) electrons. The van der Waals surface area contributed by atoms with Gasteiger partial charge in [-0.05, 0) is 42.2 Å². The molecule has 0 heterocycles. The van der Waals surface area contributed by atoms with Crippen LogP contribution in [-0.4, -0.2) is 0 Å². The van der Waals surface area contributed by atoms with Gasteiger partial charge >= 0.3 is 0 Å². The summed E-state index contributed by atoms with van der Waals surface area (Å²) in [5.74, 6) is -0.429. The summed E-state index contributed by atoms with van der Waals surface area (Å²) in [4.78, 5) is 0. The largest absolute Gasteiger partial charge is 0.324 e. The SMILES string of the molecule is Cc1cccc(C(N)Cc2ccc(Cl)c(F)c2)c1Cl. The summed E-state index contributed by atoms with van der Waals surface area (Å²) in [5.41, 5.74) is 8.80. The maximum Gasteiger partial charge on any atom is 0.142 e. The summed E-state index contributed by atoms with van der Waals surface area (Å²) in [7, 11) is 0. The zero-order valence-corrected chi connectivity index (χ0v) is 12.0. The van der Waals surface area contributed by atoms with Crippen LogP contribution >= 0.6 is 23.2 Å². The number of benzene rings is 2. The lowest BCUT2D eigenvalue weighted by Crippen LogP contribution is -2.14. The third kappa shape index (κ3) is 3.27. The summed E-state index contributed by atoms with van der Waals surface area (Å²) < 4.78 is 13.4. The van der Waals surface area contributed by atoms with E-state index in [4.69, 9.17) is 28.9 Å². The Kier molecular flexibility index (Phi) is 4.46. The topological polar surface area (TPSA) is 26.0 Å². The molecule has 2 aromatic carbocycles. The molecule has 0 aliphatic rings. The van der Waals surface area contributed by atoms with Crippen molar-refractivity contribution in [2.24, 2.45) is 5.73 Å². The number of rotatable bonds is 3. The van der Waals surface area contributed by atoms with Gasteiger partial charge in [0.15, 0.2) is 0 Å². The van der Waals surface area contributed by atoms with Gasteiger partial charge in [0.05, 0.1) is 5.02 Å². The van der Waals surface area contributed by atoms with Crippen molar-refractivity contribution in [1.29, 1.82) is 0 Å². The molecule has 4 heteroatoms. The number of hydrogen-bond acceptors (Lipinski definition) is 1. The molecule has 0 aromatic heterocycles. The van der Waals surface area contributed by atoms with E-state index in [-0.39, 0.29) is 11.1 Å². The van der Waals surface area contributed by atoms with Crippen molar-refractivity contribution in [2.45, 2.75) is 19.4 Å². The predicted molar refractivity (Wildman–Crippen MR) is 78.2 cm³/mol. The minimum absolute atomic E-state index is 0.117. The van der Waals surface area contributed by atoms with Crippen LogP contribution in [0, 0.1) is 12.7 Å². The van der Waals surface area contributed by atoms with Crippen LogP contribution in [0.1, 0.15) is 22.7 Å². The fraction of sp³-hybridized carbons (Fsp3) is 0.200. The fourth-order valence-electron chi connectivity index (χ4n) is 1.99. The molecule has 0 aliphatic heterocycles. The van der Waals surface area contributed by atoms with Crippen molar-refractivity contribution in [3.63, 3.8) is 0 Å². The minimum atomic E-state index is -0.429. The Balaban J connectivity index is 2.23. The molecule has 1 nitrogen and oxygen atoms in total.